The molecule has 0 aliphatic rings. The fourth-order valence-corrected chi connectivity index (χ4v) is 5.44. The minimum Gasteiger partial charge on any atom is -0.248 e. The van der Waals surface area contributed by atoms with Crippen LogP contribution in [-0.2, 0) is 0 Å². The SMILES string of the molecule is Cc1ccc2nc3ccccc3c(-c3ccc(-c4c5ccccc5nc5ccc(C)cc45)cc3)c2c1. The predicted molar refractivity (Wildman–Crippen MR) is 152 cm³/mol. The van der Waals surface area contributed by atoms with Crippen molar-refractivity contribution in [1.82, 2.24) is 9.97 Å². The summed E-state index contributed by atoms with van der Waals surface area (Å²) in [6, 6.07) is 39.0. The average Bonchev–Trinajstić information content (AvgIpc) is 2.91. The van der Waals surface area contributed by atoms with E-state index in [0.29, 0.717) is 0 Å². The van der Waals surface area contributed by atoms with E-state index in [9.17, 15) is 0 Å². The van der Waals surface area contributed by atoms with E-state index in [1.807, 2.05) is 0 Å². The van der Waals surface area contributed by atoms with Gasteiger partial charge in [0.1, 0.15) is 0 Å². The molecule has 0 N–H and O–H groups in total. The lowest BCUT2D eigenvalue weighted by molar-refractivity contribution is 1.45. The zero-order valence-electron chi connectivity index (χ0n) is 20.3. The van der Waals surface area contributed by atoms with E-state index >= 15 is 0 Å². The lowest BCUT2D eigenvalue weighted by Gasteiger charge is -2.14. The number of hydrogen-bond donors (Lipinski definition) is 0. The summed E-state index contributed by atoms with van der Waals surface area (Å²) in [7, 11) is 0. The van der Waals surface area contributed by atoms with Crippen molar-refractivity contribution in [1.29, 1.82) is 0 Å². The Balaban J connectivity index is 1.49. The molecule has 0 unspecified atom stereocenters. The average molecular weight is 461 g/mol. The van der Waals surface area contributed by atoms with Crippen LogP contribution in [0.4, 0.5) is 0 Å². The third-order valence-corrected chi connectivity index (χ3v) is 7.13. The fourth-order valence-electron chi connectivity index (χ4n) is 5.44. The Morgan fingerprint density at radius 2 is 0.778 bits per heavy atom. The molecule has 170 valence electrons. The zero-order valence-corrected chi connectivity index (χ0v) is 20.3. The number of benzene rings is 5. The first-order chi connectivity index (χ1) is 17.7. The van der Waals surface area contributed by atoms with Crippen LogP contribution in [0.15, 0.2) is 109 Å². The van der Waals surface area contributed by atoms with E-state index in [2.05, 4.69) is 123 Å². The van der Waals surface area contributed by atoms with Crippen molar-refractivity contribution >= 4 is 43.6 Å². The standard InChI is InChI=1S/C34H24N2/c1-21-11-17-31-27(19-21)33(25-7-3-5-9-29(25)35-31)23-13-15-24(16-14-23)34-26-8-4-6-10-30(26)36-32-18-12-22(2)20-28(32)34/h3-20H,1-2H3. The second-order valence-electron chi connectivity index (χ2n) is 9.63. The van der Waals surface area contributed by atoms with Crippen molar-refractivity contribution in [2.24, 2.45) is 0 Å². The molecule has 0 aliphatic heterocycles. The van der Waals surface area contributed by atoms with E-state index in [1.54, 1.807) is 0 Å². The largest absolute Gasteiger partial charge is 0.248 e. The van der Waals surface area contributed by atoms with Crippen LogP contribution in [0.2, 0.25) is 0 Å². The highest BCUT2D eigenvalue weighted by atomic mass is 14.7. The summed E-state index contributed by atoms with van der Waals surface area (Å²) in [5, 5.41) is 4.74. The lowest BCUT2D eigenvalue weighted by atomic mass is 9.91. The monoisotopic (exact) mass is 460 g/mol. The van der Waals surface area contributed by atoms with Gasteiger partial charge in [0.25, 0.3) is 0 Å². The number of rotatable bonds is 2. The third-order valence-electron chi connectivity index (χ3n) is 7.13. The summed E-state index contributed by atoms with van der Waals surface area (Å²) < 4.78 is 0. The zero-order chi connectivity index (χ0) is 24.2. The van der Waals surface area contributed by atoms with Gasteiger partial charge >= 0.3 is 0 Å². The van der Waals surface area contributed by atoms with Gasteiger partial charge in [0, 0.05) is 32.7 Å². The number of aromatic nitrogens is 2. The summed E-state index contributed by atoms with van der Waals surface area (Å²) >= 11 is 0. The number of para-hydroxylation sites is 2. The summed E-state index contributed by atoms with van der Waals surface area (Å²) in [6.45, 7) is 4.28. The maximum absolute atomic E-state index is 4.94. The highest BCUT2D eigenvalue weighted by Gasteiger charge is 2.14. The number of aryl methyl sites for hydroxylation is 2. The molecule has 0 saturated heterocycles. The lowest BCUT2D eigenvalue weighted by Crippen LogP contribution is -1.91. The Morgan fingerprint density at radius 3 is 1.22 bits per heavy atom. The molecule has 0 spiro atoms. The van der Waals surface area contributed by atoms with Gasteiger partial charge in [-0.1, -0.05) is 83.9 Å². The fraction of sp³-hybridized carbons (Fsp3) is 0.0588. The molecule has 0 atom stereocenters. The number of nitrogens with zero attached hydrogens (tertiary/aromatic N) is 2. The summed E-state index contributed by atoms with van der Waals surface area (Å²) in [5.74, 6) is 0. The number of fused-ring (bicyclic) bond motifs is 4. The molecule has 2 nitrogen and oxygen atoms in total. The molecule has 2 aromatic heterocycles. The van der Waals surface area contributed by atoms with Crippen LogP contribution in [0.3, 0.4) is 0 Å². The molecule has 7 rings (SSSR count). The molecular weight excluding hydrogens is 436 g/mol. The van der Waals surface area contributed by atoms with Crippen molar-refractivity contribution < 1.29 is 0 Å². The summed E-state index contributed by atoms with van der Waals surface area (Å²) in [4.78, 5) is 9.88. The van der Waals surface area contributed by atoms with Crippen molar-refractivity contribution in [3.63, 3.8) is 0 Å². The normalized spacial score (nSPS) is 11.6. The van der Waals surface area contributed by atoms with Crippen molar-refractivity contribution in [2.45, 2.75) is 13.8 Å². The Bertz CT molecular complexity index is 1810. The topological polar surface area (TPSA) is 25.8 Å². The molecule has 0 fully saturated rings. The van der Waals surface area contributed by atoms with Gasteiger partial charge in [-0.25, -0.2) is 9.97 Å². The first kappa shape index (κ1) is 20.8. The summed E-state index contributed by atoms with van der Waals surface area (Å²) in [6.07, 6.45) is 0. The van der Waals surface area contributed by atoms with E-state index in [0.717, 1.165) is 22.1 Å². The molecule has 36 heavy (non-hydrogen) atoms. The van der Waals surface area contributed by atoms with Crippen LogP contribution >= 0.6 is 0 Å². The van der Waals surface area contributed by atoms with Crippen molar-refractivity contribution in [2.75, 3.05) is 0 Å². The van der Waals surface area contributed by atoms with Gasteiger partial charge < -0.3 is 0 Å². The minimum absolute atomic E-state index is 1.02. The van der Waals surface area contributed by atoms with E-state index in [4.69, 9.17) is 9.97 Å². The maximum atomic E-state index is 4.94. The van der Waals surface area contributed by atoms with Crippen LogP contribution in [0.5, 0.6) is 0 Å². The van der Waals surface area contributed by atoms with Gasteiger partial charge in [0.15, 0.2) is 0 Å². The maximum Gasteiger partial charge on any atom is 0.0716 e. The van der Waals surface area contributed by atoms with Crippen LogP contribution < -0.4 is 0 Å². The molecule has 0 saturated carbocycles. The Kier molecular flexibility index (Phi) is 4.62. The van der Waals surface area contributed by atoms with Crippen molar-refractivity contribution in [3.05, 3.63) is 120 Å². The number of hydrogen-bond acceptors (Lipinski definition) is 2. The predicted octanol–water partition coefficient (Wildman–Crippen LogP) is 9.04. The molecule has 0 bridgehead atoms. The van der Waals surface area contributed by atoms with Gasteiger partial charge in [-0.15, -0.1) is 0 Å². The molecule has 0 aliphatic carbocycles. The van der Waals surface area contributed by atoms with Crippen LogP contribution in [0, 0.1) is 13.8 Å². The van der Waals surface area contributed by atoms with Crippen LogP contribution in [0.25, 0.3) is 65.9 Å². The molecule has 2 heteroatoms. The Morgan fingerprint density at radius 1 is 0.389 bits per heavy atom. The third kappa shape index (κ3) is 3.26. The molecule has 0 amide bonds. The second kappa shape index (κ2) is 8.00. The van der Waals surface area contributed by atoms with E-state index in [1.165, 1.54) is 54.9 Å². The summed E-state index contributed by atoms with van der Waals surface area (Å²) in [5.41, 5.74) is 11.5. The smallest absolute Gasteiger partial charge is 0.0716 e. The quantitative estimate of drug-likeness (QED) is 0.241. The molecular formula is C34H24N2. The second-order valence-corrected chi connectivity index (χ2v) is 9.63. The highest BCUT2D eigenvalue weighted by Crippen LogP contribution is 2.39. The minimum atomic E-state index is 1.02. The van der Waals surface area contributed by atoms with Crippen molar-refractivity contribution in [3.8, 4) is 22.3 Å². The molecule has 2 heterocycles. The first-order valence-electron chi connectivity index (χ1n) is 12.3. The van der Waals surface area contributed by atoms with Gasteiger partial charge in [-0.3, -0.25) is 0 Å². The Hall–Kier alpha value is -4.56. The number of pyridine rings is 2. The highest BCUT2D eigenvalue weighted by molar-refractivity contribution is 6.11. The molecule has 5 aromatic carbocycles. The molecule has 0 radical (unpaired) electrons. The van der Waals surface area contributed by atoms with Crippen LogP contribution in [-0.4, -0.2) is 9.97 Å². The van der Waals surface area contributed by atoms with E-state index < -0.39 is 0 Å². The van der Waals surface area contributed by atoms with Gasteiger partial charge in [-0.05, 0) is 61.4 Å². The molecule has 7 aromatic rings. The van der Waals surface area contributed by atoms with E-state index in [-0.39, 0.29) is 0 Å². The van der Waals surface area contributed by atoms with Gasteiger partial charge in [0.2, 0.25) is 0 Å². The van der Waals surface area contributed by atoms with Gasteiger partial charge in [-0.2, -0.15) is 0 Å². The van der Waals surface area contributed by atoms with Crippen LogP contribution in [0.1, 0.15) is 11.1 Å². The van der Waals surface area contributed by atoms with Gasteiger partial charge in [0.05, 0.1) is 22.1 Å². The first-order valence-corrected chi connectivity index (χ1v) is 12.3. The Labute approximate surface area is 209 Å².